The number of methoxy groups -OCH3 is 1. The Hall–Kier alpha value is -2.14. The lowest BCUT2D eigenvalue weighted by molar-refractivity contribution is 0.404. The number of pyridine rings is 1. The molecule has 2 aromatic heterocycles. The van der Waals surface area contributed by atoms with Crippen molar-refractivity contribution in [2.24, 2.45) is 0 Å². The summed E-state index contributed by atoms with van der Waals surface area (Å²) in [5, 5.41) is 0. The normalized spacial score (nSPS) is 12.5. The first-order chi connectivity index (χ1) is 10.2. The quantitative estimate of drug-likeness (QED) is 0.744. The van der Waals surface area contributed by atoms with Crippen molar-refractivity contribution < 1.29 is 8.95 Å². The van der Waals surface area contributed by atoms with Gasteiger partial charge in [0.1, 0.15) is 11.4 Å². The Labute approximate surface area is 125 Å². The molecule has 4 nitrogen and oxygen atoms in total. The molecule has 1 aromatic carbocycles. The highest BCUT2D eigenvalue weighted by molar-refractivity contribution is 7.84. The van der Waals surface area contributed by atoms with Crippen molar-refractivity contribution in [1.82, 2.24) is 9.38 Å². The lowest BCUT2D eigenvalue weighted by Gasteiger charge is -2.06. The Bertz CT molecular complexity index is 811. The van der Waals surface area contributed by atoms with Crippen LogP contribution in [0.4, 0.5) is 0 Å². The molecular formula is C16H16N2O2S. The van der Waals surface area contributed by atoms with E-state index < -0.39 is 10.8 Å². The summed E-state index contributed by atoms with van der Waals surface area (Å²) in [5.74, 6) is 1.03. The highest BCUT2D eigenvalue weighted by atomic mass is 32.2. The Morgan fingerprint density at radius 3 is 2.81 bits per heavy atom. The molecule has 0 radical (unpaired) electrons. The molecule has 0 amide bonds. The highest BCUT2D eigenvalue weighted by Crippen LogP contribution is 2.23. The Morgan fingerprint density at radius 1 is 1.24 bits per heavy atom. The predicted octanol–water partition coefficient (Wildman–Crippen LogP) is 2.96. The number of rotatable bonds is 4. The second-order valence-corrected chi connectivity index (χ2v) is 6.21. The fourth-order valence-electron chi connectivity index (χ4n) is 2.29. The van der Waals surface area contributed by atoms with E-state index in [4.69, 9.17) is 4.74 Å². The molecule has 0 bridgehead atoms. The first-order valence-electron chi connectivity index (χ1n) is 6.63. The van der Waals surface area contributed by atoms with Gasteiger partial charge in [0.05, 0.1) is 34.3 Å². The zero-order valence-corrected chi connectivity index (χ0v) is 12.8. The van der Waals surface area contributed by atoms with Crippen molar-refractivity contribution in [3.63, 3.8) is 0 Å². The molecule has 0 aliphatic carbocycles. The van der Waals surface area contributed by atoms with Crippen LogP contribution in [0.2, 0.25) is 0 Å². The van der Waals surface area contributed by atoms with E-state index in [0.717, 1.165) is 16.9 Å². The molecule has 1 atom stereocenters. The number of hydrogen-bond donors (Lipinski definition) is 0. The van der Waals surface area contributed by atoms with E-state index in [1.54, 1.807) is 7.11 Å². The smallest absolute Gasteiger partial charge is 0.139 e. The summed E-state index contributed by atoms with van der Waals surface area (Å²) in [6, 6.07) is 11.4. The average molecular weight is 300 g/mol. The van der Waals surface area contributed by atoms with Crippen molar-refractivity contribution in [3.8, 4) is 5.75 Å². The van der Waals surface area contributed by atoms with Crippen LogP contribution in [-0.2, 0) is 16.6 Å². The van der Waals surface area contributed by atoms with Crippen LogP contribution in [0.25, 0.3) is 5.65 Å². The number of aromatic nitrogens is 2. The zero-order valence-electron chi connectivity index (χ0n) is 11.9. The van der Waals surface area contributed by atoms with Crippen LogP contribution >= 0.6 is 0 Å². The predicted molar refractivity (Wildman–Crippen MR) is 83.0 cm³/mol. The average Bonchev–Trinajstić information content (AvgIpc) is 2.91. The van der Waals surface area contributed by atoms with Gasteiger partial charge in [0.15, 0.2) is 0 Å². The van der Waals surface area contributed by atoms with Crippen LogP contribution in [0.5, 0.6) is 5.75 Å². The van der Waals surface area contributed by atoms with Crippen LogP contribution in [-0.4, -0.2) is 20.7 Å². The Morgan fingerprint density at radius 2 is 2.05 bits per heavy atom. The molecule has 3 rings (SSSR count). The van der Waals surface area contributed by atoms with E-state index in [9.17, 15) is 4.21 Å². The standard InChI is InChI=1S/C16H16N2O2S/c1-12-6-5-9-18-10-13(17-16(12)18)11-21(19)15-8-4-3-7-14(15)20-2/h3-10H,11H2,1-2H3/t21-/m0/s1. The molecule has 108 valence electrons. The van der Waals surface area contributed by atoms with Gasteiger partial charge in [-0.3, -0.25) is 4.21 Å². The molecule has 5 heteroatoms. The van der Waals surface area contributed by atoms with Gasteiger partial charge in [0.2, 0.25) is 0 Å². The minimum Gasteiger partial charge on any atom is -0.495 e. The number of ether oxygens (including phenoxy) is 1. The molecule has 0 spiro atoms. The van der Waals surface area contributed by atoms with Crippen LogP contribution in [0.15, 0.2) is 53.7 Å². The molecule has 0 unspecified atom stereocenters. The first-order valence-corrected chi connectivity index (χ1v) is 7.95. The maximum absolute atomic E-state index is 12.5. The summed E-state index contributed by atoms with van der Waals surface area (Å²) in [6.07, 6.45) is 3.88. The number of benzene rings is 1. The number of imidazole rings is 1. The van der Waals surface area contributed by atoms with Gasteiger partial charge in [-0.1, -0.05) is 18.2 Å². The van der Waals surface area contributed by atoms with Crippen molar-refractivity contribution in [2.75, 3.05) is 7.11 Å². The van der Waals surface area contributed by atoms with E-state index in [-0.39, 0.29) is 0 Å². The maximum atomic E-state index is 12.5. The summed E-state index contributed by atoms with van der Waals surface area (Å²) in [4.78, 5) is 5.26. The van der Waals surface area contributed by atoms with Crippen LogP contribution < -0.4 is 4.74 Å². The zero-order chi connectivity index (χ0) is 14.8. The maximum Gasteiger partial charge on any atom is 0.139 e. The molecule has 0 fully saturated rings. The second kappa shape index (κ2) is 5.69. The van der Waals surface area contributed by atoms with E-state index >= 15 is 0 Å². The van der Waals surface area contributed by atoms with Gasteiger partial charge >= 0.3 is 0 Å². The molecule has 0 aliphatic heterocycles. The van der Waals surface area contributed by atoms with Crippen molar-refractivity contribution in [3.05, 3.63) is 60.0 Å². The van der Waals surface area contributed by atoms with Gasteiger partial charge < -0.3 is 9.14 Å². The molecule has 0 aliphatic rings. The van der Waals surface area contributed by atoms with E-state index in [0.29, 0.717) is 16.4 Å². The fraction of sp³-hybridized carbons (Fsp3) is 0.188. The largest absolute Gasteiger partial charge is 0.495 e. The monoisotopic (exact) mass is 300 g/mol. The third-order valence-electron chi connectivity index (χ3n) is 3.32. The van der Waals surface area contributed by atoms with E-state index in [1.807, 2.05) is 60.1 Å². The van der Waals surface area contributed by atoms with E-state index in [1.165, 1.54) is 0 Å². The molecule has 2 heterocycles. The van der Waals surface area contributed by atoms with Gasteiger partial charge in [-0.2, -0.15) is 0 Å². The van der Waals surface area contributed by atoms with Crippen LogP contribution in [0.1, 0.15) is 11.3 Å². The second-order valence-electron chi connectivity index (χ2n) is 4.80. The number of fused-ring (bicyclic) bond motifs is 1. The number of para-hydroxylation sites is 1. The Balaban J connectivity index is 1.91. The van der Waals surface area contributed by atoms with Crippen molar-refractivity contribution in [2.45, 2.75) is 17.6 Å². The van der Waals surface area contributed by atoms with Gasteiger partial charge in [0, 0.05) is 12.4 Å². The van der Waals surface area contributed by atoms with Gasteiger partial charge in [0.25, 0.3) is 0 Å². The number of hydrogen-bond acceptors (Lipinski definition) is 3. The summed E-state index contributed by atoms with van der Waals surface area (Å²) in [7, 11) is 0.408. The fourth-order valence-corrected chi connectivity index (χ4v) is 3.46. The van der Waals surface area contributed by atoms with E-state index in [2.05, 4.69) is 4.98 Å². The number of aryl methyl sites for hydroxylation is 1. The Kier molecular flexibility index (Phi) is 3.75. The van der Waals surface area contributed by atoms with Crippen LogP contribution in [0, 0.1) is 6.92 Å². The molecule has 0 saturated carbocycles. The lowest BCUT2D eigenvalue weighted by Crippen LogP contribution is -1.99. The van der Waals surface area contributed by atoms with Gasteiger partial charge in [-0.05, 0) is 30.7 Å². The SMILES string of the molecule is COc1ccccc1[S@@](=O)Cc1cn2cccc(C)c2n1. The molecule has 3 aromatic rings. The third kappa shape index (κ3) is 2.69. The summed E-state index contributed by atoms with van der Waals surface area (Å²) in [6.45, 7) is 2.02. The minimum atomic E-state index is -1.18. The molecule has 21 heavy (non-hydrogen) atoms. The summed E-state index contributed by atoms with van der Waals surface area (Å²) >= 11 is 0. The van der Waals surface area contributed by atoms with Gasteiger partial charge in [-0.25, -0.2) is 4.98 Å². The highest BCUT2D eigenvalue weighted by Gasteiger charge is 2.13. The van der Waals surface area contributed by atoms with Gasteiger partial charge in [-0.15, -0.1) is 0 Å². The van der Waals surface area contributed by atoms with Crippen molar-refractivity contribution >= 4 is 16.4 Å². The first kappa shape index (κ1) is 13.8. The summed E-state index contributed by atoms with van der Waals surface area (Å²) < 4.78 is 19.8. The van der Waals surface area contributed by atoms with Crippen LogP contribution in [0.3, 0.4) is 0 Å². The molecular weight excluding hydrogens is 284 g/mol. The topological polar surface area (TPSA) is 43.6 Å². The minimum absolute atomic E-state index is 0.376. The molecule has 0 saturated heterocycles. The van der Waals surface area contributed by atoms with Crippen molar-refractivity contribution in [1.29, 1.82) is 0 Å². The molecule has 0 N–H and O–H groups in total. The number of nitrogens with zero attached hydrogens (tertiary/aromatic N) is 2. The summed E-state index contributed by atoms with van der Waals surface area (Å²) in [5.41, 5.74) is 2.82. The lowest BCUT2D eigenvalue weighted by atomic mass is 10.3. The third-order valence-corrected chi connectivity index (χ3v) is 4.71.